The lowest BCUT2D eigenvalue weighted by Crippen LogP contribution is -2.08. The molecule has 0 amide bonds. The summed E-state index contributed by atoms with van der Waals surface area (Å²) in [5, 5.41) is 0. The Hall–Kier alpha value is -0.830. The molecule has 3 heteroatoms. The van der Waals surface area contributed by atoms with Crippen molar-refractivity contribution in [1.29, 1.82) is 0 Å². The Morgan fingerprint density at radius 1 is 0.846 bits per heavy atom. The first-order valence-corrected chi connectivity index (χ1v) is 11.1. The predicted molar refractivity (Wildman–Crippen MR) is 111 cm³/mol. The van der Waals surface area contributed by atoms with Gasteiger partial charge in [-0.2, -0.15) is 0 Å². The first-order chi connectivity index (χ1) is 12.7. The molecule has 0 fully saturated rings. The van der Waals surface area contributed by atoms with Crippen molar-refractivity contribution in [2.75, 3.05) is 13.7 Å². The second-order valence-corrected chi connectivity index (χ2v) is 7.29. The van der Waals surface area contributed by atoms with E-state index in [0.717, 1.165) is 19.3 Å². The van der Waals surface area contributed by atoms with E-state index in [-0.39, 0.29) is 5.97 Å². The topological polar surface area (TPSA) is 35.5 Å². The minimum absolute atomic E-state index is 0.0454. The SMILES string of the molecule is CCCCCCC(C/C=C\CCCCCCCCOC(=O)CCC)OC. The van der Waals surface area contributed by atoms with Crippen molar-refractivity contribution in [2.45, 2.75) is 116 Å². The van der Waals surface area contributed by atoms with Gasteiger partial charge in [0.05, 0.1) is 12.7 Å². The van der Waals surface area contributed by atoms with Gasteiger partial charge in [-0.3, -0.25) is 4.79 Å². The minimum Gasteiger partial charge on any atom is -0.466 e. The third-order valence-electron chi connectivity index (χ3n) is 4.76. The lowest BCUT2D eigenvalue weighted by molar-refractivity contribution is -0.143. The van der Waals surface area contributed by atoms with Gasteiger partial charge in [0.2, 0.25) is 0 Å². The molecule has 154 valence electrons. The monoisotopic (exact) mass is 368 g/mol. The van der Waals surface area contributed by atoms with Gasteiger partial charge in [0.25, 0.3) is 0 Å². The number of unbranched alkanes of at least 4 members (excludes halogenated alkanes) is 9. The fraction of sp³-hybridized carbons (Fsp3) is 0.870. The maximum Gasteiger partial charge on any atom is 0.305 e. The van der Waals surface area contributed by atoms with E-state index in [2.05, 4.69) is 19.1 Å². The smallest absolute Gasteiger partial charge is 0.305 e. The molecule has 0 saturated heterocycles. The van der Waals surface area contributed by atoms with Crippen LogP contribution in [-0.2, 0) is 14.3 Å². The molecule has 0 aromatic carbocycles. The fourth-order valence-corrected chi connectivity index (χ4v) is 3.03. The van der Waals surface area contributed by atoms with Crippen LogP contribution in [0.4, 0.5) is 0 Å². The summed E-state index contributed by atoms with van der Waals surface area (Å²) >= 11 is 0. The van der Waals surface area contributed by atoms with Crippen molar-refractivity contribution in [3.8, 4) is 0 Å². The van der Waals surface area contributed by atoms with E-state index >= 15 is 0 Å². The van der Waals surface area contributed by atoms with Crippen molar-refractivity contribution in [3.05, 3.63) is 12.2 Å². The highest BCUT2D eigenvalue weighted by Gasteiger charge is 2.04. The van der Waals surface area contributed by atoms with E-state index in [1.54, 1.807) is 0 Å². The zero-order chi connectivity index (χ0) is 19.3. The number of hydrogen-bond donors (Lipinski definition) is 0. The fourth-order valence-electron chi connectivity index (χ4n) is 3.03. The Morgan fingerprint density at radius 3 is 2.23 bits per heavy atom. The molecular formula is C23H44O3. The molecule has 0 aromatic rings. The Balaban J connectivity index is 3.37. The molecule has 0 aliphatic carbocycles. The summed E-state index contributed by atoms with van der Waals surface area (Å²) in [4.78, 5) is 11.2. The van der Waals surface area contributed by atoms with Gasteiger partial charge >= 0.3 is 5.97 Å². The zero-order valence-electron chi connectivity index (χ0n) is 17.8. The third kappa shape index (κ3) is 18.0. The highest BCUT2D eigenvalue weighted by atomic mass is 16.5. The number of methoxy groups -OCH3 is 1. The van der Waals surface area contributed by atoms with Gasteiger partial charge in [-0.1, -0.05) is 77.4 Å². The molecule has 0 rings (SSSR count). The van der Waals surface area contributed by atoms with Crippen LogP contribution < -0.4 is 0 Å². The lowest BCUT2D eigenvalue weighted by atomic mass is 10.1. The van der Waals surface area contributed by atoms with Gasteiger partial charge in [-0.05, 0) is 38.5 Å². The second-order valence-electron chi connectivity index (χ2n) is 7.29. The van der Waals surface area contributed by atoms with E-state index in [0.29, 0.717) is 19.1 Å². The molecule has 0 spiro atoms. The van der Waals surface area contributed by atoms with Gasteiger partial charge in [-0.25, -0.2) is 0 Å². The molecule has 0 radical (unpaired) electrons. The van der Waals surface area contributed by atoms with Crippen LogP contribution >= 0.6 is 0 Å². The molecule has 0 aromatic heterocycles. The number of carbonyl (C=O) groups is 1. The van der Waals surface area contributed by atoms with Gasteiger partial charge in [-0.15, -0.1) is 0 Å². The highest BCUT2D eigenvalue weighted by molar-refractivity contribution is 5.69. The van der Waals surface area contributed by atoms with E-state index in [9.17, 15) is 4.79 Å². The van der Waals surface area contributed by atoms with Crippen LogP contribution in [0.3, 0.4) is 0 Å². The normalized spacial score (nSPS) is 12.6. The summed E-state index contributed by atoms with van der Waals surface area (Å²) in [7, 11) is 1.84. The standard InChI is InChI=1S/C23H44O3/c1-4-6-7-15-19-22(25-3)20-16-13-11-9-8-10-12-14-17-21-26-23(24)18-5-2/h13,16,22H,4-12,14-15,17-21H2,1-3H3/b16-13-. The Morgan fingerprint density at radius 2 is 1.54 bits per heavy atom. The van der Waals surface area contributed by atoms with Crippen LogP contribution in [0, 0.1) is 0 Å². The van der Waals surface area contributed by atoms with Crippen LogP contribution in [0.25, 0.3) is 0 Å². The lowest BCUT2D eigenvalue weighted by Gasteiger charge is -2.12. The maximum absolute atomic E-state index is 11.2. The molecule has 1 unspecified atom stereocenters. The molecule has 1 atom stereocenters. The van der Waals surface area contributed by atoms with Crippen LogP contribution in [0.5, 0.6) is 0 Å². The van der Waals surface area contributed by atoms with E-state index < -0.39 is 0 Å². The number of esters is 1. The number of hydrogen-bond acceptors (Lipinski definition) is 3. The van der Waals surface area contributed by atoms with Crippen LogP contribution in [0.15, 0.2) is 12.2 Å². The Labute approximate surface area is 162 Å². The maximum atomic E-state index is 11.2. The number of rotatable bonds is 19. The third-order valence-corrected chi connectivity index (χ3v) is 4.76. The number of allylic oxidation sites excluding steroid dienone is 1. The molecule has 0 bridgehead atoms. The number of carbonyl (C=O) groups excluding carboxylic acids is 1. The molecule has 0 aliphatic rings. The summed E-state index contributed by atoms with van der Waals surface area (Å²) in [6.07, 6.45) is 22.4. The summed E-state index contributed by atoms with van der Waals surface area (Å²) < 4.78 is 10.7. The van der Waals surface area contributed by atoms with E-state index in [1.165, 1.54) is 70.6 Å². The first kappa shape index (κ1) is 25.2. The summed E-state index contributed by atoms with van der Waals surface area (Å²) in [6, 6.07) is 0. The second kappa shape index (κ2) is 20.5. The molecule has 0 saturated carbocycles. The van der Waals surface area contributed by atoms with Crippen LogP contribution in [0.2, 0.25) is 0 Å². The van der Waals surface area contributed by atoms with Crippen molar-refractivity contribution in [3.63, 3.8) is 0 Å². The largest absolute Gasteiger partial charge is 0.466 e. The number of ether oxygens (including phenoxy) is 2. The van der Waals surface area contributed by atoms with Crippen molar-refractivity contribution < 1.29 is 14.3 Å². The highest BCUT2D eigenvalue weighted by Crippen LogP contribution is 2.12. The minimum atomic E-state index is -0.0454. The van der Waals surface area contributed by atoms with Crippen molar-refractivity contribution in [2.24, 2.45) is 0 Å². The van der Waals surface area contributed by atoms with Crippen molar-refractivity contribution >= 4 is 5.97 Å². The molecule has 3 nitrogen and oxygen atoms in total. The first-order valence-electron chi connectivity index (χ1n) is 11.1. The summed E-state index contributed by atoms with van der Waals surface area (Å²) in [5.41, 5.74) is 0. The molecular weight excluding hydrogens is 324 g/mol. The molecule has 0 N–H and O–H groups in total. The van der Waals surface area contributed by atoms with Gasteiger partial charge in [0.1, 0.15) is 0 Å². The quantitative estimate of drug-likeness (QED) is 0.140. The van der Waals surface area contributed by atoms with Crippen LogP contribution in [-0.4, -0.2) is 25.8 Å². The van der Waals surface area contributed by atoms with Gasteiger partial charge in [0.15, 0.2) is 0 Å². The summed E-state index contributed by atoms with van der Waals surface area (Å²) in [5.74, 6) is -0.0454. The Bertz CT molecular complexity index is 325. The zero-order valence-corrected chi connectivity index (χ0v) is 17.8. The summed E-state index contributed by atoms with van der Waals surface area (Å²) in [6.45, 7) is 4.85. The van der Waals surface area contributed by atoms with Crippen molar-refractivity contribution in [1.82, 2.24) is 0 Å². The molecule has 0 aliphatic heterocycles. The predicted octanol–water partition coefficient (Wildman–Crippen LogP) is 6.99. The van der Waals surface area contributed by atoms with E-state index in [4.69, 9.17) is 9.47 Å². The van der Waals surface area contributed by atoms with Gasteiger partial charge < -0.3 is 9.47 Å². The average Bonchev–Trinajstić information content (AvgIpc) is 2.64. The molecule has 0 heterocycles. The van der Waals surface area contributed by atoms with Crippen LogP contribution in [0.1, 0.15) is 110 Å². The molecule has 26 heavy (non-hydrogen) atoms. The average molecular weight is 369 g/mol. The van der Waals surface area contributed by atoms with Gasteiger partial charge in [0, 0.05) is 13.5 Å². The Kier molecular flexibility index (Phi) is 19.8. The van der Waals surface area contributed by atoms with E-state index in [1.807, 2.05) is 14.0 Å².